The van der Waals surface area contributed by atoms with Crippen LogP contribution in [-0.4, -0.2) is 17.2 Å². The van der Waals surface area contributed by atoms with Crippen LogP contribution in [0.3, 0.4) is 0 Å². The molecule has 2 aromatic heterocycles. The molecule has 0 saturated carbocycles. The number of benzene rings is 6. The Balaban J connectivity index is 0.000000125. The van der Waals surface area contributed by atoms with Crippen molar-refractivity contribution in [2.45, 2.75) is 0 Å². The van der Waals surface area contributed by atoms with Gasteiger partial charge in [-0.1, -0.05) is 106 Å². The standard InChI is InChI=1S/C18H11ClO.C12H7BrO.C6H6BClO2/c19-14-8-5-12(6-9-14)13-7-10-16-15-3-1-2-4-17(15)20-18(16)11-13;13-8-5-6-10-9-3-1-2-4-11(9)14-12(10)7-8;8-6-3-1-5(2-4-6)7(9)10/h1-11H;1-7H;1-4,9-10H. The normalized spacial score (nSPS) is 10.8. The predicted molar refractivity (Wildman–Crippen MR) is 187 cm³/mol. The lowest BCUT2D eigenvalue weighted by Crippen LogP contribution is -2.29. The summed E-state index contributed by atoms with van der Waals surface area (Å²) in [6.45, 7) is 0. The monoisotopic (exact) mass is 680 g/mol. The van der Waals surface area contributed by atoms with Gasteiger partial charge in [0.05, 0.1) is 0 Å². The van der Waals surface area contributed by atoms with Crippen LogP contribution in [0.25, 0.3) is 55.0 Å². The zero-order valence-electron chi connectivity index (χ0n) is 23.1. The number of hydrogen-bond donors (Lipinski definition) is 2. The molecule has 8 rings (SSSR count). The molecule has 0 amide bonds. The number of hydrogen-bond acceptors (Lipinski definition) is 4. The van der Waals surface area contributed by atoms with E-state index in [0.717, 1.165) is 53.7 Å². The third-order valence-corrected chi connectivity index (χ3v) is 8.06. The first-order valence-electron chi connectivity index (χ1n) is 13.7. The molecule has 0 fully saturated rings. The van der Waals surface area contributed by atoms with Crippen molar-refractivity contribution in [2.24, 2.45) is 0 Å². The fourth-order valence-corrected chi connectivity index (χ4v) is 5.47. The van der Waals surface area contributed by atoms with Crippen LogP contribution in [-0.2, 0) is 0 Å². The second-order valence-corrected chi connectivity index (χ2v) is 11.8. The summed E-state index contributed by atoms with van der Waals surface area (Å²) in [7, 11) is -1.41. The predicted octanol–water partition coefficient (Wildman–Crippen LogP) is 10.3. The maximum absolute atomic E-state index is 8.63. The second kappa shape index (κ2) is 13.3. The van der Waals surface area contributed by atoms with E-state index >= 15 is 0 Å². The summed E-state index contributed by atoms with van der Waals surface area (Å²) in [4.78, 5) is 0. The highest BCUT2D eigenvalue weighted by Crippen LogP contribution is 2.32. The summed E-state index contributed by atoms with van der Waals surface area (Å²) in [5, 5.41) is 23.2. The smallest absolute Gasteiger partial charge is 0.456 e. The minimum Gasteiger partial charge on any atom is -0.456 e. The van der Waals surface area contributed by atoms with Crippen LogP contribution in [0.5, 0.6) is 0 Å². The van der Waals surface area contributed by atoms with E-state index in [4.69, 9.17) is 42.1 Å². The molecule has 0 bridgehead atoms. The minimum absolute atomic E-state index is 0.449. The van der Waals surface area contributed by atoms with Crippen molar-refractivity contribution in [3.05, 3.63) is 148 Å². The van der Waals surface area contributed by atoms with E-state index in [2.05, 4.69) is 52.3 Å². The van der Waals surface area contributed by atoms with Gasteiger partial charge in [-0.3, -0.25) is 0 Å². The molecule has 4 nitrogen and oxygen atoms in total. The molecule has 0 atom stereocenters. The van der Waals surface area contributed by atoms with Crippen LogP contribution in [0, 0.1) is 0 Å². The zero-order valence-corrected chi connectivity index (χ0v) is 26.2. The van der Waals surface area contributed by atoms with Crippen molar-refractivity contribution in [2.75, 3.05) is 0 Å². The van der Waals surface area contributed by atoms with Gasteiger partial charge in [0.1, 0.15) is 22.3 Å². The van der Waals surface area contributed by atoms with Crippen molar-refractivity contribution in [1.82, 2.24) is 0 Å². The molecule has 0 radical (unpaired) electrons. The van der Waals surface area contributed by atoms with Gasteiger partial charge in [-0.05, 0) is 83.3 Å². The maximum Gasteiger partial charge on any atom is 0.488 e. The van der Waals surface area contributed by atoms with Crippen LogP contribution < -0.4 is 5.46 Å². The molecule has 44 heavy (non-hydrogen) atoms. The van der Waals surface area contributed by atoms with E-state index in [0.29, 0.717) is 10.5 Å². The van der Waals surface area contributed by atoms with Gasteiger partial charge in [0, 0.05) is 36.1 Å². The van der Waals surface area contributed by atoms with Crippen LogP contribution in [0.1, 0.15) is 0 Å². The Kier molecular flexibility index (Phi) is 9.08. The largest absolute Gasteiger partial charge is 0.488 e. The first-order chi connectivity index (χ1) is 21.4. The Bertz CT molecular complexity index is 2190. The molecule has 0 unspecified atom stereocenters. The number of fused-ring (bicyclic) bond motifs is 6. The fourth-order valence-electron chi connectivity index (χ4n) is 4.88. The lowest BCUT2D eigenvalue weighted by Gasteiger charge is -2.01. The molecule has 0 saturated heterocycles. The lowest BCUT2D eigenvalue weighted by molar-refractivity contribution is 0.426. The molecule has 0 aliphatic heterocycles. The molecule has 0 spiro atoms. The first kappa shape index (κ1) is 30.0. The SMILES string of the molecule is Brc1ccc2c(c1)oc1ccccc12.Clc1ccc(-c2ccc3c(c2)oc2ccccc23)cc1.OB(O)c1ccc(Cl)cc1. The summed E-state index contributed by atoms with van der Waals surface area (Å²) in [6.07, 6.45) is 0. The number of para-hydroxylation sites is 2. The van der Waals surface area contributed by atoms with Gasteiger partial charge in [-0.25, -0.2) is 0 Å². The molecule has 216 valence electrons. The Morgan fingerprint density at radius 1 is 0.477 bits per heavy atom. The van der Waals surface area contributed by atoms with Crippen LogP contribution >= 0.6 is 39.1 Å². The van der Waals surface area contributed by atoms with Crippen LogP contribution in [0.4, 0.5) is 0 Å². The van der Waals surface area contributed by atoms with E-state index in [1.807, 2.05) is 72.8 Å². The summed E-state index contributed by atoms with van der Waals surface area (Å²) in [5.41, 5.74) is 6.44. The third kappa shape index (κ3) is 6.70. The summed E-state index contributed by atoms with van der Waals surface area (Å²) in [5.74, 6) is 0. The Labute approximate surface area is 272 Å². The van der Waals surface area contributed by atoms with Gasteiger partial charge < -0.3 is 18.9 Å². The molecule has 0 aliphatic rings. The lowest BCUT2D eigenvalue weighted by atomic mass is 9.81. The molecule has 0 aliphatic carbocycles. The third-order valence-electron chi connectivity index (χ3n) is 7.07. The van der Waals surface area contributed by atoms with E-state index in [9.17, 15) is 0 Å². The van der Waals surface area contributed by atoms with E-state index < -0.39 is 7.12 Å². The topological polar surface area (TPSA) is 66.7 Å². The van der Waals surface area contributed by atoms with Crippen molar-refractivity contribution in [3.8, 4) is 11.1 Å². The summed E-state index contributed by atoms with van der Waals surface area (Å²) >= 11 is 14.9. The zero-order chi connectivity index (χ0) is 30.6. The van der Waals surface area contributed by atoms with Gasteiger partial charge in [0.2, 0.25) is 0 Å². The number of halogens is 3. The van der Waals surface area contributed by atoms with E-state index in [1.165, 1.54) is 10.8 Å². The molecule has 2 N–H and O–H groups in total. The molecular formula is C36H24BBrCl2O4. The van der Waals surface area contributed by atoms with Gasteiger partial charge in [-0.2, -0.15) is 0 Å². The van der Waals surface area contributed by atoms with Gasteiger partial charge in [0.25, 0.3) is 0 Å². The van der Waals surface area contributed by atoms with Crippen molar-refractivity contribution in [3.63, 3.8) is 0 Å². The molecule has 8 aromatic rings. The second-order valence-electron chi connectivity index (χ2n) is 9.98. The summed E-state index contributed by atoms with van der Waals surface area (Å²) < 4.78 is 12.7. The molecule has 2 heterocycles. The highest BCUT2D eigenvalue weighted by molar-refractivity contribution is 9.10. The molecule has 8 heteroatoms. The van der Waals surface area contributed by atoms with Gasteiger partial charge >= 0.3 is 7.12 Å². The van der Waals surface area contributed by atoms with Gasteiger partial charge in [0.15, 0.2) is 0 Å². The number of rotatable bonds is 2. The number of furan rings is 2. The average Bonchev–Trinajstić information content (AvgIpc) is 3.59. The van der Waals surface area contributed by atoms with Crippen molar-refractivity contribution >= 4 is 95.6 Å². The highest BCUT2D eigenvalue weighted by atomic mass is 79.9. The van der Waals surface area contributed by atoms with E-state index in [-0.39, 0.29) is 0 Å². The Hall–Kier alpha value is -4.04. The van der Waals surface area contributed by atoms with Gasteiger partial charge in [-0.15, -0.1) is 0 Å². The minimum atomic E-state index is -1.41. The first-order valence-corrected chi connectivity index (χ1v) is 15.3. The van der Waals surface area contributed by atoms with E-state index in [1.54, 1.807) is 24.3 Å². The fraction of sp³-hybridized carbons (Fsp3) is 0. The Morgan fingerprint density at radius 2 is 0.932 bits per heavy atom. The van der Waals surface area contributed by atoms with Crippen LogP contribution in [0.15, 0.2) is 147 Å². The Morgan fingerprint density at radius 3 is 1.50 bits per heavy atom. The average molecular weight is 682 g/mol. The molecular weight excluding hydrogens is 658 g/mol. The quantitative estimate of drug-likeness (QED) is 0.178. The maximum atomic E-state index is 8.63. The highest BCUT2D eigenvalue weighted by Gasteiger charge is 2.09. The van der Waals surface area contributed by atoms with Crippen molar-refractivity contribution < 1.29 is 18.9 Å². The van der Waals surface area contributed by atoms with Crippen LogP contribution in [0.2, 0.25) is 10.0 Å². The van der Waals surface area contributed by atoms with Crippen molar-refractivity contribution in [1.29, 1.82) is 0 Å². The molecule has 6 aromatic carbocycles. The summed E-state index contributed by atoms with van der Waals surface area (Å²) in [6, 6.07) is 42.8.